The van der Waals surface area contributed by atoms with Crippen LogP contribution in [0.5, 0.6) is 5.75 Å². The van der Waals surface area contributed by atoms with Gasteiger partial charge < -0.3 is 19.6 Å². The zero-order chi connectivity index (χ0) is 21.1. The summed E-state index contributed by atoms with van der Waals surface area (Å²) in [7, 11) is 3.77. The van der Waals surface area contributed by atoms with Gasteiger partial charge in [-0.15, -0.1) is 0 Å². The monoisotopic (exact) mass is 408 g/mol. The van der Waals surface area contributed by atoms with E-state index >= 15 is 0 Å². The van der Waals surface area contributed by atoms with Gasteiger partial charge in [-0.2, -0.15) is 0 Å². The average molecular weight is 409 g/mol. The number of hydrogen-bond donors (Lipinski definition) is 1. The first-order valence-electron chi connectivity index (χ1n) is 10.9. The third-order valence-electron chi connectivity index (χ3n) is 6.67. The highest BCUT2D eigenvalue weighted by Gasteiger charge is 2.37. The summed E-state index contributed by atoms with van der Waals surface area (Å²) < 4.78 is 5.35. The Morgan fingerprint density at radius 1 is 1.17 bits per heavy atom. The van der Waals surface area contributed by atoms with Gasteiger partial charge in [0.05, 0.1) is 13.7 Å². The Hall–Kier alpha value is -2.53. The number of benzene rings is 2. The molecule has 1 amide bonds. The summed E-state index contributed by atoms with van der Waals surface area (Å²) in [5.41, 5.74) is 4.08. The summed E-state index contributed by atoms with van der Waals surface area (Å²) in [4.78, 5) is 17.5. The number of likely N-dealkylation sites (tertiary alicyclic amines) is 1. The van der Waals surface area contributed by atoms with Gasteiger partial charge in [-0.3, -0.25) is 4.79 Å². The molecule has 2 aliphatic rings. The molecule has 2 aliphatic heterocycles. The van der Waals surface area contributed by atoms with Crippen LogP contribution in [0, 0.1) is 5.41 Å². The first-order valence-corrected chi connectivity index (χ1v) is 10.9. The second-order valence-corrected chi connectivity index (χ2v) is 8.89. The molecule has 5 nitrogen and oxygen atoms in total. The molecule has 0 radical (unpaired) electrons. The quantitative estimate of drug-likeness (QED) is 0.822. The van der Waals surface area contributed by atoms with Gasteiger partial charge in [0, 0.05) is 43.3 Å². The maximum Gasteiger partial charge on any atom is 0.253 e. The average Bonchev–Trinajstić information content (AvgIpc) is 2.79. The highest BCUT2D eigenvalue weighted by Crippen LogP contribution is 2.35. The summed E-state index contributed by atoms with van der Waals surface area (Å²) in [5, 5.41) is 10.3. The molecule has 2 aromatic carbocycles. The van der Waals surface area contributed by atoms with Crippen LogP contribution in [0.25, 0.3) is 0 Å². The molecule has 1 saturated heterocycles. The van der Waals surface area contributed by atoms with Crippen molar-refractivity contribution in [3.8, 4) is 5.75 Å². The minimum Gasteiger partial charge on any atom is -0.497 e. The van der Waals surface area contributed by atoms with Crippen LogP contribution < -0.4 is 9.64 Å². The largest absolute Gasteiger partial charge is 0.497 e. The van der Waals surface area contributed by atoms with Crippen molar-refractivity contribution in [3.05, 3.63) is 59.2 Å². The fraction of sp³-hybridized carbons (Fsp3) is 0.480. The van der Waals surface area contributed by atoms with E-state index in [-0.39, 0.29) is 17.9 Å². The minimum absolute atomic E-state index is 0.0724. The number of anilines is 1. The van der Waals surface area contributed by atoms with E-state index in [4.69, 9.17) is 4.74 Å². The number of methoxy groups -OCH3 is 1. The van der Waals surface area contributed by atoms with Crippen LogP contribution in [0.2, 0.25) is 0 Å². The van der Waals surface area contributed by atoms with Crippen LogP contribution in [0.4, 0.5) is 5.69 Å². The van der Waals surface area contributed by atoms with Gasteiger partial charge in [0.15, 0.2) is 0 Å². The van der Waals surface area contributed by atoms with E-state index in [0.29, 0.717) is 6.54 Å². The second-order valence-electron chi connectivity index (χ2n) is 8.89. The number of carbonyl (C=O) groups excluding carboxylic acids is 1. The van der Waals surface area contributed by atoms with E-state index in [0.717, 1.165) is 62.1 Å². The molecule has 30 heavy (non-hydrogen) atoms. The summed E-state index contributed by atoms with van der Waals surface area (Å²) in [6.45, 7) is 2.46. The van der Waals surface area contributed by atoms with Gasteiger partial charge in [-0.25, -0.2) is 0 Å². The fourth-order valence-electron chi connectivity index (χ4n) is 5.03. The molecule has 0 aliphatic carbocycles. The standard InChI is InChI=1S/C25H32N2O3/c1-26-12-4-7-20-15-21(9-10-23(20)26)24(29)27-13-5-11-25(17-27,18-28)16-19-6-3-8-22(14-19)30-2/h3,6,8-10,14-15,28H,4-5,7,11-13,16-18H2,1-2H3. The van der Waals surface area contributed by atoms with E-state index in [2.05, 4.69) is 30.1 Å². The number of ether oxygens (including phenoxy) is 1. The summed E-state index contributed by atoms with van der Waals surface area (Å²) in [6, 6.07) is 14.1. The Labute approximate surface area is 179 Å². The summed E-state index contributed by atoms with van der Waals surface area (Å²) in [5.74, 6) is 0.901. The number of nitrogens with zero attached hydrogens (tertiary/aromatic N) is 2. The van der Waals surface area contributed by atoms with Crippen LogP contribution >= 0.6 is 0 Å². The maximum absolute atomic E-state index is 13.3. The Balaban J connectivity index is 1.52. The Bertz CT molecular complexity index is 913. The van der Waals surface area contributed by atoms with Crippen molar-refractivity contribution in [1.29, 1.82) is 0 Å². The van der Waals surface area contributed by atoms with Gasteiger partial charge in [0.2, 0.25) is 0 Å². The molecule has 1 atom stereocenters. The van der Waals surface area contributed by atoms with Gasteiger partial charge in [0.25, 0.3) is 5.91 Å². The van der Waals surface area contributed by atoms with Crippen molar-refractivity contribution in [3.63, 3.8) is 0 Å². The third kappa shape index (κ3) is 4.17. The molecule has 0 aromatic heterocycles. The first kappa shape index (κ1) is 20.7. The lowest BCUT2D eigenvalue weighted by Gasteiger charge is -2.42. The van der Waals surface area contributed by atoms with E-state index < -0.39 is 0 Å². The zero-order valence-corrected chi connectivity index (χ0v) is 18.1. The third-order valence-corrected chi connectivity index (χ3v) is 6.67. The lowest BCUT2D eigenvalue weighted by atomic mass is 9.75. The molecular formula is C25H32N2O3. The van der Waals surface area contributed by atoms with Crippen molar-refractivity contribution in [2.75, 3.05) is 45.3 Å². The SMILES string of the molecule is COc1cccc(CC2(CO)CCCN(C(=O)c3ccc4c(c3)CCCN4C)C2)c1. The Morgan fingerprint density at radius 2 is 2.03 bits per heavy atom. The number of hydrogen-bond acceptors (Lipinski definition) is 4. The minimum atomic E-state index is -0.311. The molecule has 4 rings (SSSR count). The lowest BCUT2D eigenvalue weighted by molar-refractivity contribution is 0.0271. The molecule has 0 spiro atoms. The smallest absolute Gasteiger partial charge is 0.253 e. The summed E-state index contributed by atoms with van der Waals surface area (Å²) in [6.07, 6.45) is 4.71. The predicted molar refractivity (Wildman–Crippen MR) is 119 cm³/mol. The van der Waals surface area contributed by atoms with Crippen molar-refractivity contribution in [2.45, 2.75) is 32.1 Å². The fourth-order valence-corrected chi connectivity index (χ4v) is 5.03. The van der Waals surface area contributed by atoms with Gasteiger partial charge >= 0.3 is 0 Å². The van der Waals surface area contributed by atoms with Crippen molar-refractivity contribution >= 4 is 11.6 Å². The van der Waals surface area contributed by atoms with Crippen LogP contribution in [0.15, 0.2) is 42.5 Å². The number of amides is 1. The molecular weight excluding hydrogens is 376 g/mol. The van der Waals surface area contributed by atoms with Crippen molar-refractivity contribution < 1.29 is 14.6 Å². The van der Waals surface area contributed by atoms with Crippen LogP contribution in [-0.2, 0) is 12.8 Å². The number of aliphatic hydroxyl groups excluding tert-OH is 1. The zero-order valence-electron chi connectivity index (χ0n) is 18.1. The number of rotatable bonds is 5. The molecule has 2 heterocycles. The van der Waals surface area contributed by atoms with E-state index in [1.807, 2.05) is 29.2 Å². The molecule has 160 valence electrons. The number of aryl methyl sites for hydroxylation is 1. The Morgan fingerprint density at radius 3 is 2.83 bits per heavy atom. The van der Waals surface area contributed by atoms with Crippen LogP contribution in [0.1, 0.15) is 40.7 Å². The number of piperidine rings is 1. The normalized spacial score (nSPS) is 21.3. The molecule has 1 unspecified atom stereocenters. The number of carbonyl (C=O) groups is 1. The maximum atomic E-state index is 13.3. The lowest BCUT2D eigenvalue weighted by Crippen LogP contribution is -2.49. The van der Waals surface area contributed by atoms with Crippen LogP contribution in [0.3, 0.4) is 0 Å². The van der Waals surface area contributed by atoms with Gasteiger partial charge in [0.1, 0.15) is 5.75 Å². The molecule has 0 bridgehead atoms. The number of aliphatic hydroxyl groups is 1. The van der Waals surface area contributed by atoms with E-state index in [1.54, 1.807) is 7.11 Å². The van der Waals surface area contributed by atoms with Crippen molar-refractivity contribution in [1.82, 2.24) is 4.90 Å². The molecule has 1 N–H and O–H groups in total. The topological polar surface area (TPSA) is 53.0 Å². The molecule has 2 aromatic rings. The van der Waals surface area contributed by atoms with Gasteiger partial charge in [-0.05, 0) is 73.6 Å². The summed E-state index contributed by atoms with van der Waals surface area (Å²) >= 11 is 0. The first-order chi connectivity index (χ1) is 14.5. The second kappa shape index (κ2) is 8.68. The van der Waals surface area contributed by atoms with Crippen LogP contribution in [-0.4, -0.2) is 56.3 Å². The van der Waals surface area contributed by atoms with Crippen molar-refractivity contribution in [2.24, 2.45) is 5.41 Å². The van der Waals surface area contributed by atoms with E-state index in [9.17, 15) is 9.90 Å². The molecule has 0 saturated carbocycles. The highest BCUT2D eigenvalue weighted by atomic mass is 16.5. The predicted octanol–water partition coefficient (Wildman–Crippen LogP) is 3.54. The molecule has 5 heteroatoms. The van der Waals surface area contributed by atoms with Gasteiger partial charge in [-0.1, -0.05) is 12.1 Å². The number of fused-ring (bicyclic) bond motifs is 1. The molecule has 1 fully saturated rings. The Kier molecular flexibility index (Phi) is 6.00. The highest BCUT2D eigenvalue weighted by molar-refractivity contribution is 5.95. The van der Waals surface area contributed by atoms with E-state index in [1.165, 1.54) is 11.3 Å².